The van der Waals surface area contributed by atoms with Gasteiger partial charge in [-0.25, -0.2) is 4.98 Å². The van der Waals surface area contributed by atoms with E-state index in [2.05, 4.69) is 29.8 Å². The Morgan fingerprint density at radius 1 is 1.16 bits per heavy atom. The number of hydrogen-bond donors (Lipinski definition) is 2. The molecule has 0 aliphatic rings. The van der Waals surface area contributed by atoms with Gasteiger partial charge in [0.1, 0.15) is 11.6 Å². The number of imidazole rings is 1. The molecule has 0 saturated carbocycles. The zero-order chi connectivity index (χ0) is 17.8. The molecule has 0 amide bonds. The number of hydrogen-bond acceptors (Lipinski definition) is 4. The van der Waals surface area contributed by atoms with Gasteiger partial charge in [0, 0.05) is 13.1 Å². The lowest BCUT2D eigenvalue weighted by molar-refractivity contribution is 0.170. The topological polar surface area (TPSA) is 59.3 Å². The Morgan fingerprint density at radius 2 is 1.88 bits per heavy atom. The van der Waals surface area contributed by atoms with Gasteiger partial charge in [-0.3, -0.25) is 0 Å². The summed E-state index contributed by atoms with van der Waals surface area (Å²) in [4.78, 5) is 4.76. The molecule has 2 N–H and O–H groups in total. The first kappa shape index (κ1) is 17.5. The van der Waals surface area contributed by atoms with E-state index in [1.165, 1.54) is 0 Å². The van der Waals surface area contributed by atoms with Crippen molar-refractivity contribution in [1.82, 2.24) is 14.9 Å². The van der Waals surface area contributed by atoms with E-state index in [4.69, 9.17) is 9.72 Å². The van der Waals surface area contributed by atoms with Gasteiger partial charge in [-0.05, 0) is 43.7 Å². The molecule has 3 aromatic rings. The molecule has 0 aliphatic heterocycles. The fraction of sp³-hybridized carbons (Fsp3) is 0.350. The normalized spacial score (nSPS) is 13.8. The Hall–Kier alpha value is -2.37. The van der Waals surface area contributed by atoms with Crippen molar-refractivity contribution >= 4 is 11.0 Å². The number of rotatable bonds is 7. The van der Waals surface area contributed by atoms with Crippen LogP contribution >= 0.6 is 0 Å². The van der Waals surface area contributed by atoms with E-state index in [1.54, 1.807) is 7.11 Å². The second kappa shape index (κ2) is 7.68. The first-order valence-electron chi connectivity index (χ1n) is 8.64. The van der Waals surface area contributed by atoms with Gasteiger partial charge < -0.3 is 19.7 Å². The summed E-state index contributed by atoms with van der Waals surface area (Å²) in [7, 11) is 1.63. The number of aliphatic hydroxyl groups excluding tert-OH is 1. The molecule has 0 fully saturated rings. The molecule has 2 aromatic carbocycles. The van der Waals surface area contributed by atoms with Crippen molar-refractivity contribution in [1.29, 1.82) is 0 Å². The molecule has 25 heavy (non-hydrogen) atoms. The Labute approximate surface area is 148 Å². The van der Waals surface area contributed by atoms with E-state index in [-0.39, 0.29) is 6.04 Å². The van der Waals surface area contributed by atoms with Crippen LogP contribution in [0.5, 0.6) is 5.75 Å². The zero-order valence-corrected chi connectivity index (χ0v) is 14.9. The van der Waals surface area contributed by atoms with Crippen molar-refractivity contribution in [2.75, 3.05) is 13.7 Å². The Morgan fingerprint density at radius 3 is 2.56 bits per heavy atom. The maximum atomic E-state index is 10.4. The van der Waals surface area contributed by atoms with E-state index >= 15 is 0 Å². The van der Waals surface area contributed by atoms with E-state index in [0.29, 0.717) is 6.54 Å². The molecule has 0 spiro atoms. The number of aryl methyl sites for hydroxylation is 1. The van der Waals surface area contributed by atoms with Crippen molar-refractivity contribution < 1.29 is 9.84 Å². The van der Waals surface area contributed by atoms with Gasteiger partial charge in [0.2, 0.25) is 0 Å². The van der Waals surface area contributed by atoms with Gasteiger partial charge in [-0.2, -0.15) is 0 Å². The van der Waals surface area contributed by atoms with Crippen LogP contribution in [0.15, 0.2) is 48.5 Å². The minimum absolute atomic E-state index is 0.0419. The molecule has 0 radical (unpaired) electrons. The van der Waals surface area contributed by atoms with Gasteiger partial charge in [-0.15, -0.1) is 0 Å². The monoisotopic (exact) mass is 339 g/mol. The highest BCUT2D eigenvalue weighted by Crippen LogP contribution is 2.22. The molecular weight excluding hydrogens is 314 g/mol. The van der Waals surface area contributed by atoms with Crippen molar-refractivity contribution in [2.45, 2.75) is 32.5 Å². The summed E-state index contributed by atoms with van der Waals surface area (Å²) in [5, 5.41) is 13.8. The smallest absolute Gasteiger partial charge is 0.126 e. The second-order valence-corrected chi connectivity index (χ2v) is 6.12. The van der Waals surface area contributed by atoms with Crippen molar-refractivity contribution in [2.24, 2.45) is 0 Å². The summed E-state index contributed by atoms with van der Waals surface area (Å²) in [6.07, 6.45) is -0.576. The maximum absolute atomic E-state index is 10.4. The third-order valence-electron chi connectivity index (χ3n) is 4.51. The number of aromatic nitrogens is 2. The Kier molecular flexibility index (Phi) is 5.36. The highest BCUT2D eigenvalue weighted by molar-refractivity contribution is 5.76. The van der Waals surface area contributed by atoms with Gasteiger partial charge in [-0.1, -0.05) is 24.3 Å². The van der Waals surface area contributed by atoms with E-state index in [9.17, 15) is 5.11 Å². The minimum atomic E-state index is -0.576. The summed E-state index contributed by atoms with van der Waals surface area (Å²) >= 11 is 0. The number of ether oxygens (including phenoxy) is 1. The van der Waals surface area contributed by atoms with Crippen LogP contribution in [0.2, 0.25) is 0 Å². The molecule has 132 valence electrons. The van der Waals surface area contributed by atoms with Crippen LogP contribution in [-0.4, -0.2) is 28.3 Å². The quantitative estimate of drug-likeness (QED) is 0.692. The number of para-hydroxylation sites is 2. The molecule has 0 saturated heterocycles. The van der Waals surface area contributed by atoms with Crippen LogP contribution in [0.4, 0.5) is 0 Å². The summed E-state index contributed by atoms with van der Waals surface area (Å²) < 4.78 is 7.37. The predicted octanol–water partition coefficient (Wildman–Crippen LogP) is 3.45. The van der Waals surface area contributed by atoms with Gasteiger partial charge in [0.15, 0.2) is 0 Å². The summed E-state index contributed by atoms with van der Waals surface area (Å²) in [5.41, 5.74) is 3.01. The van der Waals surface area contributed by atoms with E-state index in [1.807, 2.05) is 42.5 Å². The number of fused-ring (bicyclic) bond motifs is 1. The molecular formula is C20H25N3O2. The Bertz CT molecular complexity index is 827. The third kappa shape index (κ3) is 3.67. The van der Waals surface area contributed by atoms with Crippen LogP contribution in [0.25, 0.3) is 11.0 Å². The largest absolute Gasteiger partial charge is 0.497 e. The third-order valence-corrected chi connectivity index (χ3v) is 4.51. The lowest BCUT2D eigenvalue weighted by Crippen LogP contribution is -2.26. The van der Waals surface area contributed by atoms with Gasteiger partial charge in [0.05, 0.1) is 30.3 Å². The van der Waals surface area contributed by atoms with E-state index < -0.39 is 6.10 Å². The molecule has 0 bridgehead atoms. The average molecular weight is 339 g/mol. The fourth-order valence-electron chi connectivity index (χ4n) is 3.08. The van der Waals surface area contributed by atoms with Crippen molar-refractivity contribution in [3.63, 3.8) is 0 Å². The standard InChI is InChI=1S/C20H25N3O2/c1-4-23-18-8-6-5-7-17(18)22-20(23)14(2)21-13-19(24)15-9-11-16(25-3)12-10-15/h5-12,14,19,21,24H,4,13H2,1-3H3. The fourth-order valence-corrected chi connectivity index (χ4v) is 3.08. The molecule has 0 aliphatic carbocycles. The molecule has 2 atom stereocenters. The molecule has 1 heterocycles. The Balaban J connectivity index is 1.70. The first-order chi connectivity index (χ1) is 12.1. The lowest BCUT2D eigenvalue weighted by Gasteiger charge is -2.18. The van der Waals surface area contributed by atoms with Crippen LogP contribution in [-0.2, 0) is 6.54 Å². The van der Waals surface area contributed by atoms with Crippen LogP contribution in [0.3, 0.4) is 0 Å². The molecule has 5 heteroatoms. The van der Waals surface area contributed by atoms with E-state index in [0.717, 1.165) is 34.7 Å². The minimum Gasteiger partial charge on any atom is -0.497 e. The summed E-state index contributed by atoms with van der Waals surface area (Å²) in [5.74, 6) is 1.78. The predicted molar refractivity (Wildman–Crippen MR) is 99.8 cm³/mol. The first-order valence-corrected chi connectivity index (χ1v) is 8.64. The molecule has 1 aromatic heterocycles. The molecule has 5 nitrogen and oxygen atoms in total. The van der Waals surface area contributed by atoms with Crippen molar-refractivity contribution in [3.8, 4) is 5.75 Å². The molecule has 3 rings (SSSR count). The van der Waals surface area contributed by atoms with Gasteiger partial charge >= 0.3 is 0 Å². The van der Waals surface area contributed by atoms with Gasteiger partial charge in [0.25, 0.3) is 0 Å². The van der Waals surface area contributed by atoms with Crippen LogP contribution < -0.4 is 10.1 Å². The van der Waals surface area contributed by atoms with Crippen molar-refractivity contribution in [3.05, 3.63) is 59.9 Å². The zero-order valence-electron chi connectivity index (χ0n) is 14.9. The highest BCUT2D eigenvalue weighted by atomic mass is 16.5. The maximum Gasteiger partial charge on any atom is 0.126 e. The van der Waals surface area contributed by atoms with Crippen LogP contribution in [0, 0.1) is 0 Å². The number of aliphatic hydroxyl groups is 1. The SMILES string of the molecule is CCn1c(C(C)NCC(O)c2ccc(OC)cc2)nc2ccccc21. The number of methoxy groups -OCH3 is 1. The second-order valence-electron chi connectivity index (χ2n) is 6.12. The molecule has 2 unspecified atom stereocenters. The number of nitrogens with zero attached hydrogens (tertiary/aromatic N) is 2. The summed E-state index contributed by atoms with van der Waals surface area (Å²) in [6, 6.07) is 15.7. The average Bonchev–Trinajstić information content (AvgIpc) is 3.04. The highest BCUT2D eigenvalue weighted by Gasteiger charge is 2.17. The van der Waals surface area contributed by atoms with Crippen LogP contribution in [0.1, 0.15) is 37.4 Å². The lowest BCUT2D eigenvalue weighted by atomic mass is 10.1. The number of nitrogens with one attached hydrogen (secondary N) is 1. The summed E-state index contributed by atoms with van der Waals surface area (Å²) in [6.45, 7) is 5.52. The number of benzene rings is 2.